The molecule has 4 rings (SSSR count). The standard InChI is InChI=1S/C19H19N3O/c1-2-13-21-17-11-7-6-10-16(17)19(23,15-8-4-3-5-9-15)22-14-12-20-18(21)22/h2-11,23H,1,12-14H2. The molecule has 0 aliphatic carbocycles. The fourth-order valence-electron chi connectivity index (χ4n) is 3.52. The molecule has 4 heteroatoms. The highest BCUT2D eigenvalue weighted by atomic mass is 16.3. The molecule has 0 bridgehead atoms. The van der Waals surface area contributed by atoms with E-state index in [1.807, 2.05) is 65.6 Å². The molecule has 1 atom stereocenters. The predicted molar refractivity (Wildman–Crippen MR) is 92.4 cm³/mol. The van der Waals surface area contributed by atoms with Gasteiger partial charge in [-0.1, -0.05) is 54.6 Å². The number of nitrogens with zero attached hydrogens (tertiary/aromatic N) is 3. The Balaban J connectivity index is 1.98. The van der Waals surface area contributed by atoms with Crippen LogP contribution in [0.5, 0.6) is 0 Å². The molecule has 4 nitrogen and oxygen atoms in total. The van der Waals surface area contributed by atoms with Gasteiger partial charge in [-0.3, -0.25) is 4.99 Å². The normalized spacial score (nSPS) is 22.4. The third-order valence-electron chi connectivity index (χ3n) is 4.51. The van der Waals surface area contributed by atoms with Gasteiger partial charge in [0.15, 0.2) is 5.72 Å². The van der Waals surface area contributed by atoms with Crippen molar-refractivity contribution >= 4 is 11.6 Å². The average Bonchev–Trinajstić information content (AvgIpc) is 3.10. The third-order valence-corrected chi connectivity index (χ3v) is 4.51. The molecular formula is C19H19N3O. The van der Waals surface area contributed by atoms with Crippen molar-refractivity contribution < 1.29 is 5.11 Å². The first kappa shape index (κ1) is 14.0. The van der Waals surface area contributed by atoms with Crippen molar-refractivity contribution in [3.63, 3.8) is 0 Å². The number of aliphatic imine (C=N–C) groups is 1. The van der Waals surface area contributed by atoms with Gasteiger partial charge in [0.2, 0.25) is 5.96 Å². The van der Waals surface area contributed by atoms with Crippen LogP contribution in [0.15, 0.2) is 72.2 Å². The molecule has 1 N–H and O–H groups in total. The van der Waals surface area contributed by atoms with Crippen LogP contribution in [-0.2, 0) is 5.72 Å². The summed E-state index contributed by atoms with van der Waals surface area (Å²) in [4.78, 5) is 8.75. The Morgan fingerprint density at radius 1 is 1.13 bits per heavy atom. The van der Waals surface area contributed by atoms with Crippen molar-refractivity contribution in [2.24, 2.45) is 4.99 Å². The second-order valence-corrected chi connectivity index (χ2v) is 5.79. The molecular weight excluding hydrogens is 286 g/mol. The van der Waals surface area contributed by atoms with E-state index in [9.17, 15) is 5.11 Å². The molecule has 0 fully saturated rings. The van der Waals surface area contributed by atoms with Gasteiger partial charge in [-0.2, -0.15) is 0 Å². The van der Waals surface area contributed by atoms with Crippen LogP contribution < -0.4 is 4.90 Å². The monoisotopic (exact) mass is 305 g/mol. The fraction of sp³-hybridized carbons (Fsp3) is 0.211. The molecule has 23 heavy (non-hydrogen) atoms. The number of rotatable bonds is 3. The third kappa shape index (κ3) is 1.92. The molecule has 1 unspecified atom stereocenters. The lowest BCUT2D eigenvalue weighted by molar-refractivity contribution is -0.0358. The molecule has 2 aliphatic rings. The Labute approximate surface area is 136 Å². The summed E-state index contributed by atoms with van der Waals surface area (Å²) in [5.74, 6) is 0.815. The maximum absolute atomic E-state index is 11.7. The molecule has 0 saturated heterocycles. The largest absolute Gasteiger partial charge is 0.363 e. The Morgan fingerprint density at radius 2 is 1.87 bits per heavy atom. The quantitative estimate of drug-likeness (QED) is 0.886. The topological polar surface area (TPSA) is 39.1 Å². The second kappa shape index (κ2) is 5.25. The SMILES string of the molecule is C=CCN1C2=NCCN2C(O)(c2ccccc2)c2ccccc21. The van der Waals surface area contributed by atoms with Gasteiger partial charge in [0, 0.05) is 24.2 Å². The molecule has 0 amide bonds. The Morgan fingerprint density at radius 3 is 2.65 bits per heavy atom. The fourth-order valence-corrected chi connectivity index (χ4v) is 3.52. The lowest BCUT2D eigenvalue weighted by atomic mass is 9.89. The smallest absolute Gasteiger partial charge is 0.204 e. The maximum Gasteiger partial charge on any atom is 0.204 e. The first-order valence-corrected chi connectivity index (χ1v) is 7.84. The zero-order chi connectivity index (χ0) is 15.9. The van der Waals surface area contributed by atoms with Crippen molar-refractivity contribution in [1.82, 2.24) is 4.90 Å². The molecule has 2 heterocycles. The lowest BCUT2D eigenvalue weighted by Gasteiger charge is -2.48. The van der Waals surface area contributed by atoms with E-state index >= 15 is 0 Å². The van der Waals surface area contributed by atoms with Crippen molar-refractivity contribution in [2.45, 2.75) is 5.72 Å². The minimum atomic E-state index is -1.19. The van der Waals surface area contributed by atoms with E-state index in [2.05, 4.69) is 16.5 Å². The van der Waals surface area contributed by atoms with E-state index in [0.717, 1.165) is 22.8 Å². The van der Waals surface area contributed by atoms with Gasteiger partial charge in [0.05, 0.1) is 12.2 Å². The van der Waals surface area contributed by atoms with Crippen LogP contribution in [0.3, 0.4) is 0 Å². The van der Waals surface area contributed by atoms with Crippen LogP contribution in [0.25, 0.3) is 0 Å². The van der Waals surface area contributed by atoms with Crippen molar-refractivity contribution in [1.29, 1.82) is 0 Å². The molecule has 0 radical (unpaired) electrons. The van der Waals surface area contributed by atoms with Crippen LogP contribution in [-0.4, -0.2) is 35.6 Å². The van der Waals surface area contributed by atoms with E-state index in [1.165, 1.54) is 0 Å². The minimum absolute atomic E-state index is 0.664. The number of aliphatic hydroxyl groups is 1. The number of benzene rings is 2. The molecule has 2 aromatic carbocycles. The summed E-state index contributed by atoms with van der Waals surface area (Å²) >= 11 is 0. The van der Waals surface area contributed by atoms with Gasteiger partial charge in [0.1, 0.15) is 0 Å². The second-order valence-electron chi connectivity index (χ2n) is 5.79. The van der Waals surface area contributed by atoms with Crippen molar-refractivity contribution in [3.8, 4) is 0 Å². The summed E-state index contributed by atoms with van der Waals surface area (Å²) in [6.07, 6.45) is 1.86. The Bertz CT molecular complexity index is 771. The predicted octanol–water partition coefficient (Wildman–Crippen LogP) is 2.56. The maximum atomic E-state index is 11.7. The van der Waals surface area contributed by atoms with Gasteiger partial charge in [-0.05, 0) is 6.07 Å². The Kier molecular flexibility index (Phi) is 3.20. The summed E-state index contributed by atoms with van der Waals surface area (Å²) in [6.45, 7) is 5.91. The van der Waals surface area contributed by atoms with E-state index in [0.29, 0.717) is 19.6 Å². The molecule has 0 aromatic heterocycles. The van der Waals surface area contributed by atoms with Crippen LogP contribution in [0, 0.1) is 0 Å². The van der Waals surface area contributed by atoms with Crippen molar-refractivity contribution in [3.05, 3.63) is 78.4 Å². The van der Waals surface area contributed by atoms with Crippen LogP contribution >= 0.6 is 0 Å². The zero-order valence-electron chi connectivity index (χ0n) is 12.9. The summed E-state index contributed by atoms with van der Waals surface area (Å²) in [5, 5.41) is 11.7. The van der Waals surface area contributed by atoms with E-state index < -0.39 is 5.72 Å². The summed E-state index contributed by atoms with van der Waals surface area (Å²) in [5.41, 5.74) is 1.54. The van der Waals surface area contributed by atoms with Gasteiger partial charge < -0.3 is 14.9 Å². The van der Waals surface area contributed by atoms with Crippen LogP contribution in [0.4, 0.5) is 5.69 Å². The van der Waals surface area contributed by atoms with Crippen molar-refractivity contribution in [2.75, 3.05) is 24.5 Å². The first-order chi connectivity index (χ1) is 11.3. The highest BCUT2D eigenvalue weighted by Gasteiger charge is 2.48. The molecule has 0 spiro atoms. The zero-order valence-corrected chi connectivity index (χ0v) is 12.9. The van der Waals surface area contributed by atoms with Crippen LogP contribution in [0.2, 0.25) is 0 Å². The highest BCUT2D eigenvalue weighted by Crippen LogP contribution is 2.44. The molecule has 2 aliphatic heterocycles. The number of guanidine groups is 1. The highest BCUT2D eigenvalue weighted by molar-refractivity contribution is 6.01. The van der Waals surface area contributed by atoms with Crippen LogP contribution in [0.1, 0.15) is 11.1 Å². The van der Waals surface area contributed by atoms with E-state index in [-0.39, 0.29) is 0 Å². The first-order valence-electron chi connectivity index (χ1n) is 7.84. The lowest BCUT2D eigenvalue weighted by Crippen LogP contribution is -2.58. The molecule has 0 saturated carbocycles. The summed E-state index contributed by atoms with van der Waals surface area (Å²) in [7, 11) is 0. The number of hydrogen-bond donors (Lipinski definition) is 1. The summed E-state index contributed by atoms with van der Waals surface area (Å²) in [6, 6.07) is 17.8. The molecule has 116 valence electrons. The number of hydrogen-bond acceptors (Lipinski definition) is 4. The summed E-state index contributed by atoms with van der Waals surface area (Å²) < 4.78 is 0. The Hall–Kier alpha value is -2.59. The van der Waals surface area contributed by atoms with E-state index in [4.69, 9.17) is 0 Å². The number of fused-ring (bicyclic) bond motifs is 2. The van der Waals surface area contributed by atoms with Gasteiger partial charge in [-0.15, -0.1) is 6.58 Å². The number of para-hydroxylation sites is 1. The van der Waals surface area contributed by atoms with Gasteiger partial charge in [-0.25, -0.2) is 0 Å². The van der Waals surface area contributed by atoms with Gasteiger partial charge in [0.25, 0.3) is 0 Å². The molecule has 2 aromatic rings. The minimum Gasteiger partial charge on any atom is -0.363 e. The van der Waals surface area contributed by atoms with Gasteiger partial charge >= 0.3 is 0 Å². The van der Waals surface area contributed by atoms with E-state index in [1.54, 1.807) is 0 Å². The average molecular weight is 305 g/mol. The number of anilines is 1.